The van der Waals surface area contributed by atoms with E-state index < -0.39 is 0 Å². The monoisotopic (exact) mass is 302 g/mol. The van der Waals surface area contributed by atoms with E-state index >= 15 is 0 Å². The standard InChI is InChI=1S/C23H26/c1-8-17-20-13-15(22(2,3)4)9-11-18(20)19-12-10-16(14-21(17)19)23(5,6)7/h1,9-14,17H,2-7H3. The number of hydrogen-bond donors (Lipinski definition) is 0. The van der Waals surface area contributed by atoms with Crippen LogP contribution in [0.4, 0.5) is 0 Å². The van der Waals surface area contributed by atoms with Crippen molar-refractivity contribution in [3.63, 3.8) is 0 Å². The lowest BCUT2D eigenvalue weighted by atomic mass is 9.83. The SMILES string of the molecule is C#CC1c2cc(C(C)(C)C)ccc2-c2ccc(C(C)(C)C)cc21. The lowest BCUT2D eigenvalue weighted by molar-refractivity contribution is 0.589. The van der Waals surface area contributed by atoms with E-state index in [0.29, 0.717) is 0 Å². The highest BCUT2D eigenvalue weighted by atomic mass is 14.3. The molecule has 0 amide bonds. The van der Waals surface area contributed by atoms with Crippen LogP contribution in [0.15, 0.2) is 36.4 Å². The predicted molar refractivity (Wildman–Crippen MR) is 100.0 cm³/mol. The van der Waals surface area contributed by atoms with Gasteiger partial charge in [0.15, 0.2) is 0 Å². The summed E-state index contributed by atoms with van der Waals surface area (Å²) in [4.78, 5) is 0. The Bertz CT molecular complexity index is 738. The molecular weight excluding hydrogens is 276 g/mol. The van der Waals surface area contributed by atoms with E-state index in [1.807, 2.05) is 0 Å². The van der Waals surface area contributed by atoms with Crippen LogP contribution in [0.25, 0.3) is 11.1 Å². The Morgan fingerprint density at radius 3 is 1.43 bits per heavy atom. The van der Waals surface area contributed by atoms with Crippen molar-refractivity contribution in [3.05, 3.63) is 58.7 Å². The molecule has 0 fully saturated rings. The molecule has 0 N–H and O–H groups in total. The first-order valence-corrected chi connectivity index (χ1v) is 8.38. The zero-order chi connectivity index (χ0) is 17.0. The van der Waals surface area contributed by atoms with Gasteiger partial charge in [0, 0.05) is 0 Å². The highest BCUT2D eigenvalue weighted by molar-refractivity contribution is 5.81. The van der Waals surface area contributed by atoms with Crippen LogP contribution in [0, 0.1) is 12.3 Å². The van der Waals surface area contributed by atoms with E-state index in [1.54, 1.807) is 0 Å². The molecule has 0 saturated carbocycles. The zero-order valence-electron chi connectivity index (χ0n) is 15.1. The first-order chi connectivity index (χ1) is 10.6. The molecule has 0 aromatic heterocycles. The number of fused-ring (bicyclic) bond motifs is 3. The number of terminal acetylenes is 1. The van der Waals surface area contributed by atoms with Crippen molar-refractivity contribution >= 4 is 0 Å². The van der Waals surface area contributed by atoms with Crippen LogP contribution < -0.4 is 0 Å². The number of hydrogen-bond acceptors (Lipinski definition) is 0. The van der Waals surface area contributed by atoms with Gasteiger partial charge in [-0.25, -0.2) is 0 Å². The molecule has 0 heterocycles. The molecule has 0 heteroatoms. The third kappa shape index (κ3) is 2.59. The quantitative estimate of drug-likeness (QED) is 0.521. The van der Waals surface area contributed by atoms with E-state index in [0.717, 1.165) is 0 Å². The molecule has 0 radical (unpaired) electrons. The predicted octanol–water partition coefficient (Wildman–Crippen LogP) is 6.03. The molecule has 0 spiro atoms. The van der Waals surface area contributed by atoms with Crippen LogP contribution in [0.5, 0.6) is 0 Å². The second-order valence-electron chi connectivity index (χ2n) is 8.70. The molecular formula is C23H26. The first-order valence-electron chi connectivity index (χ1n) is 8.38. The molecule has 3 rings (SSSR count). The molecule has 0 aliphatic heterocycles. The molecule has 0 saturated heterocycles. The van der Waals surface area contributed by atoms with Gasteiger partial charge in [-0.1, -0.05) is 83.9 Å². The maximum Gasteiger partial charge on any atom is 0.0711 e. The normalized spacial score (nSPS) is 14.3. The average Bonchev–Trinajstić information content (AvgIpc) is 2.77. The van der Waals surface area contributed by atoms with Gasteiger partial charge in [-0.05, 0) is 44.2 Å². The fourth-order valence-electron chi connectivity index (χ4n) is 3.37. The third-order valence-electron chi connectivity index (χ3n) is 4.91. The van der Waals surface area contributed by atoms with E-state index in [-0.39, 0.29) is 16.7 Å². The summed E-state index contributed by atoms with van der Waals surface area (Å²) in [6, 6.07) is 13.6. The van der Waals surface area contributed by atoms with Crippen molar-refractivity contribution in [2.45, 2.75) is 58.3 Å². The van der Waals surface area contributed by atoms with Crippen molar-refractivity contribution < 1.29 is 0 Å². The van der Waals surface area contributed by atoms with Gasteiger partial charge in [0.1, 0.15) is 0 Å². The Balaban J connectivity index is 2.19. The summed E-state index contributed by atoms with van der Waals surface area (Å²) in [5, 5.41) is 0. The fourth-order valence-corrected chi connectivity index (χ4v) is 3.37. The van der Waals surface area contributed by atoms with Gasteiger partial charge in [0.2, 0.25) is 0 Å². The van der Waals surface area contributed by atoms with Gasteiger partial charge in [-0.2, -0.15) is 0 Å². The summed E-state index contributed by atoms with van der Waals surface area (Å²) in [5.41, 5.74) is 8.16. The summed E-state index contributed by atoms with van der Waals surface area (Å²) in [6.07, 6.45) is 5.93. The molecule has 118 valence electrons. The van der Waals surface area contributed by atoms with E-state index in [1.165, 1.54) is 33.4 Å². The van der Waals surface area contributed by atoms with Crippen LogP contribution in [0.3, 0.4) is 0 Å². The van der Waals surface area contributed by atoms with Crippen LogP contribution in [-0.2, 0) is 10.8 Å². The number of rotatable bonds is 0. The van der Waals surface area contributed by atoms with Gasteiger partial charge in [-0.3, -0.25) is 0 Å². The van der Waals surface area contributed by atoms with Gasteiger partial charge < -0.3 is 0 Å². The minimum absolute atomic E-state index is 0.0737. The molecule has 1 aliphatic carbocycles. The Kier molecular flexibility index (Phi) is 3.45. The van der Waals surface area contributed by atoms with Crippen molar-refractivity contribution in [2.75, 3.05) is 0 Å². The highest BCUT2D eigenvalue weighted by Gasteiger charge is 2.30. The minimum Gasteiger partial charge on any atom is -0.119 e. The zero-order valence-corrected chi connectivity index (χ0v) is 15.1. The lowest BCUT2D eigenvalue weighted by Crippen LogP contribution is -2.12. The molecule has 2 aromatic carbocycles. The van der Waals surface area contributed by atoms with Crippen LogP contribution in [0.1, 0.15) is 69.7 Å². The molecule has 0 bridgehead atoms. The Hall–Kier alpha value is -2.00. The van der Waals surface area contributed by atoms with Crippen molar-refractivity contribution in [3.8, 4) is 23.5 Å². The molecule has 1 aliphatic rings. The summed E-state index contributed by atoms with van der Waals surface area (Å²) >= 11 is 0. The summed E-state index contributed by atoms with van der Waals surface area (Å²) in [5.74, 6) is 3.11. The smallest absolute Gasteiger partial charge is 0.0711 e. The van der Waals surface area contributed by atoms with E-state index in [4.69, 9.17) is 6.42 Å². The van der Waals surface area contributed by atoms with Gasteiger partial charge in [0.05, 0.1) is 5.92 Å². The van der Waals surface area contributed by atoms with Crippen molar-refractivity contribution in [2.24, 2.45) is 0 Å². The largest absolute Gasteiger partial charge is 0.119 e. The van der Waals surface area contributed by atoms with Gasteiger partial charge >= 0.3 is 0 Å². The third-order valence-corrected chi connectivity index (χ3v) is 4.91. The average molecular weight is 302 g/mol. The molecule has 2 aromatic rings. The van der Waals surface area contributed by atoms with Gasteiger partial charge in [-0.15, -0.1) is 6.42 Å². The molecule has 0 unspecified atom stereocenters. The topological polar surface area (TPSA) is 0 Å². The van der Waals surface area contributed by atoms with Crippen LogP contribution in [-0.4, -0.2) is 0 Å². The summed E-state index contributed by atoms with van der Waals surface area (Å²) in [6.45, 7) is 13.5. The van der Waals surface area contributed by atoms with Crippen LogP contribution >= 0.6 is 0 Å². The first kappa shape index (κ1) is 15.9. The molecule has 0 atom stereocenters. The maximum atomic E-state index is 5.93. The lowest BCUT2D eigenvalue weighted by Gasteiger charge is -2.21. The summed E-state index contributed by atoms with van der Waals surface area (Å²) in [7, 11) is 0. The molecule has 23 heavy (non-hydrogen) atoms. The minimum atomic E-state index is 0.0737. The van der Waals surface area contributed by atoms with E-state index in [9.17, 15) is 0 Å². The van der Waals surface area contributed by atoms with Crippen LogP contribution in [0.2, 0.25) is 0 Å². The maximum absolute atomic E-state index is 5.93. The Labute approximate surface area is 140 Å². The summed E-state index contributed by atoms with van der Waals surface area (Å²) < 4.78 is 0. The number of benzene rings is 2. The fraction of sp³-hybridized carbons (Fsp3) is 0.391. The second kappa shape index (κ2) is 5.00. The van der Waals surface area contributed by atoms with Gasteiger partial charge in [0.25, 0.3) is 0 Å². The Morgan fingerprint density at radius 2 is 1.13 bits per heavy atom. The Morgan fingerprint density at radius 1 is 0.739 bits per heavy atom. The highest BCUT2D eigenvalue weighted by Crippen LogP contribution is 2.46. The molecule has 0 nitrogen and oxygen atoms in total. The van der Waals surface area contributed by atoms with Crippen molar-refractivity contribution in [1.29, 1.82) is 0 Å². The second-order valence-corrected chi connectivity index (χ2v) is 8.70. The van der Waals surface area contributed by atoms with Crippen molar-refractivity contribution in [1.82, 2.24) is 0 Å². The van der Waals surface area contributed by atoms with E-state index in [2.05, 4.69) is 83.9 Å².